The number of benzene rings is 1. The first-order chi connectivity index (χ1) is 10.3. The lowest BCUT2D eigenvalue weighted by Crippen LogP contribution is -2.21. The van der Waals surface area contributed by atoms with E-state index in [0.29, 0.717) is 12.2 Å². The van der Waals surface area contributed by atoms with Crippen LogP contribution in [0.5, 0.6) is 0 Å². The molecule has 2 N–H and O–H groups in total. The van der Waals surface area contributed by atoms with E-state index < -0.39 is 0 Å². The molecule has 2 amide bonds. The maximum Gasteiger partial charge on any atom is 0.248 e. The second-order valence-electron chi connectivity index (χ2n) is 6.00. The first-order valence-electron chi connectivity index (χ1n) is 7.03. The van der Waals surface area contributed by atoms with Crippen LogP contribution in [0.4, 0.5) is 5.69 Å². The van der Waals surface area contributed by atoms with Gasteiger partial charge in [0.2, 0.25) is 11.8 Å². The summed E-state index contributed by atoms with van der Waals surface area (Å²) in [5, 5.41) is 13.8. The van der Waals surface area contributed by atoms with Crippen LogP contribution in [0.1, 0.15) is 32.8 Å². The van der Waals surface area contributed by atoms with Gasteiger partial charge < -0.3 is 10.6 Å². The Hall–Kier alpha value is -2.61. The number of hydrogen-bond acceptors (Lipinski definition) is 3. The minimum atomic E-state index is -0.299. The Morgan fingerprint density at radius 3 is 2.41 bits per heavy atom. The average Bonchev–Trinajstić information content (AvgIpc) is 2.44. The molecule has 5 nitrogen and oxygen atoms in total. The maximum absolute atomic E-state index is 11.7. The van der Waals surface area contributed by atoms with Gasteiger partial charge in [0.1, 0.15) is 6.42 Å². The number of hydrogen-bond donors (Lipinski definition) is 2. The fraction of sp³-hybridized carbons (Fsp3) is 0.353. The topological polar surface area (TPSA) is 82.0 Å². The van der Waals surface area contributed by atoms with Crippen LogP contribution in [0.3, 0.4) is 0 Å². The molecule has 0 aromatic heterocycles. The van der Waals surface area contributed by atoms with Gasteiger partial charge in [0.15, 0.2) is 0 Å². The van der Waals surface area contributed by atoms with Crippen molar-refractivity contribution in [1.29, 1.82) is 5.26 Å². The molecular weight excluding hydrogens is 278 g/mol. The van der Waals surface area contributed by atoms with Gasteiger partial charge in [0.05, 0.1) is 6.07 Å². The van der Waals surface area contributed by atoms with Crippen LogP contribution in [0.25, 0.3) is 0 Å². The third kappa shape index (κ3) is 7.25. The van der Waals surface area contributed by atoms with Crippen molar-refractivity contribution in [2.75, 3.05) is 5.32 Å². The lowest BCUT2D eigenvalue weighted by Gasteiger charge is -2.11. The van der Waals surface area contributed by atoms with Gasteiger partial charge >= 0.3 is 0 Å². The summed E-state index contributed by atoms with van der Waals surface area (Å²) >= 11 is 0. The van der Waals surface area contributed by atoms with Crippen molar-refractivity contribution in [2.24, 2.45) is 5.41 Å². The second-order valence-corrected chi connectivity index (χ2v) is 6.00. The molecule has 116 valence electrons. The van der Waals surface area contributed by atoms with Crippen LogP contribution in [-0.2, 0) is 16.1 Å². The minimum Gasteiger partial charge on any atom is -0.351 e. The molecule has 1 aromatic rings. The summed E-state index contributed by atoms with van der Waals surface area (Å²) in [6.07, 6.45) is 3.23. The van der Waals surface area contributed by atoms with E-state index in [1.807, 2.05) is 39.0 Å². The molecule has 0 aliphatic carbocycles. The molecular formula is C17H21N3O2. The summed E-state index contributed by atoms with van der Waals surface area (Å²) < 4.78 is 0. The molecule has 0 aliphatic rings. The fourth-order valence-electron chi connectivity index (χ4n) is 1.55. The highest BCUT2D eigenvalue weighted by Crippen LogP contribution is 2.15. The molecule has 1 aromatic carbocycles. The Bertz CT molecular complexity index is 590. The zero-order valence-corrected chi connectivity index (χ0v) is 13.1. The molecule has 0 saturated heterocycles. The van der Waals surface area contributed by atoms with Gasteiger partial charge in [0, 0.05) is 12.2 Å². The number of nitrogens with zero attached hydrogens (tertiary/aromatic N) is 1. The Morgan fingerprint density at radius 1 is 1.23 bits per heavy atom. The summed E-state index contributed by atoms with van der Waals surface area (Å²) in [6.45, 7) is 6.42. The molecule has 0 atom stereocenters. The molecule has 0 bridgehead atoms. The first kappa shape index (κ1) is 17.4. The lowest BCUT2D eigenvalue weighted by molar-refractivity contribution is -0.120. The smallest absolute Gasteiger partial charge is 0.248 e. The molecule has 22 heavy (non-hydrogen) atoms. The van der Waals surface area contributed by atoms with Crippen molar-refractivity contribution in [3.05, 3.63) is 42.0 Å². The monoisotopic (exact) mass is 299 g/mol. The number of carbonyl (C=O) groups is 2. The summed E-state index contributed by atoms with van der Waals surface area (Å²) in [7, 11) is 0. The predicted molar refractivity (Wildman–Crippen MR) is 85.7 cm³/mol. The molecule has 0 heterocycles. The molecule has 0 saturated carbocycles. The third-order valence-corrected chi connectivity index (χ3v) is 2.69. The van der Waals surface area contributed by atoms with Gasteiger partial charge in [-0.15, -0.1) is 0 Å². The molecule has 0 radical (unpaired) electrons. The second kappa shape index (κ2) is 7.99. The number of carbonyl (C=O) groups excluding carboxylic acids is 2. The number of anilines is 1. The van der Waals surface area contributed by atoms with Crippen LogP contribution < -0.4 is 10.6 Å². The van der Waals surface area contributed by atoms with E-state index in [9.17, 15) is 9.59 Å². The van der Waals surface area contributed by atoms with Gasteiger partial charge in [-0.25, -0.2) is 0 Å². The van der Waals surface area contributed by atoms with Crippen LogP contribution in [-0.4, -0.2) is 11.8 Å². The number of nitrogens with one attached hydrogen (secondary N) is 2. The Morgan fingerprint density at radius 2 is 1.86 bits per heavy atom. The summed E-state index contributed by atoms with van der Waals surface area (Å²) in [6, 6.07) is 8.97. The van der Waals surface area contributed by atoms with Crippen molar-refractivity contribution in [3.8, 4) is 6.07 Å². The Labute approximate surface area is 131 Å². The summed E-state index contributed by atoms with van der Waals surface area (Å²) in [5.74, 6) is -0.475. The van der Waals surface area contributed by atoms with Gasteiger partial charge in [-0.3, -0.25) is 9.59 Å². The van der Waals surface area contributed by atoms with E-state index in [-0.39, 0.29) is 23.7 Å². The van der Waals surface area contributed by atoms with Crippen LogP contribution >= 0.6 is 0 Å². The SMILES string of the molecule is CC(C)(C)/C=C/C(=O)Nc1ccc(CNC(=O)CC#N)cc1. The largest absolute Gasteiger partial charge is 0.351 e. The van der Waals surface area contributed by atoms with Crippen LogP contribution in [0.2, 0.25) is 0 Å². The normalized spacial score (nSPS) is 11.0. The highest BCUT2D eigenvalue weighted by Gasteiger charge is 2.06. The standard InChI is InChI=1S/C17H21N3O2/c1-17(2,3)10-8-16(22)20-14-6-4-13(5-7-14)12-19-15(21)9-11-18/h4-8,10H,9,12H2,1-3H3,(H,19,21)(H,20,22)/b10-8+. The number of allylic oxidation sites excluding steroid dienone is 1. The van der Waals surface area contributed by atoms with Gasteiger partial charge in [-0.2, -0.15) is 5.26 Å². The highest BCUT2D eigenvalue weighted by atomic mass is 16.2. The first-order valence-corrected chi connectivity index (χ1v) is 7.03. The van der Waals surface area contributed by atoms with Crippen LogP contribution in [0.15, 0.2) is 36.4 Å². The number of amides is 2. The van der Waals surface area contributed by atoms with E-state index in [4.69, 9.17) is 5.26 Å². The van der Waals surface area contributed by atoms with E-state index in [0.717, 1.165) is 5.56 Å². The quantitative estimate of drug-likeness (QED) is 0.820. The third-order valence-electron chi connectivity index (χ3n) is 2.69. The number of rotatable bonds is 5. The van der Waals surface area contributed by atoms with E-state index in [1.54, 1.807) is 18.2 Å². The van der Waals surface area contributed by atoms with E-state index in [2.05, 4.69) is 10.6 Å². The molecule has 0 aliphatic heterocycles. The van der Waals surface area contributed by atoms with E-state index >= 15 is 0 Å². The minimum absolute atomic E-state index is 0.0389. The molecule has 1 rings (SSSR count). The van der Waals surface area contributed by atoms with E-state index in [1.165, 1.54) is 6.08 Å². The van der Waals surface area contributed by atoms with Gasteiger partial charge in [-0.05, 0) is 29.2 Å². The Kier molecular flexibility index (Phi) is 6.33. The molecule has 0 spiro atoms. The predicted octanol–water partition coefficient (Wildman–Crippen LogP) is 2.76. The lowest BCUT2D eigenvalue weighted by atomic mass is 9.96. The molecule has 0 fully saturated rings. The fourth-order valence-corrected chi connectivity index (χ4v) is 1.55. The summed E-state index contributed by atoms with van der Waals surface area (Å²) in [4.78, 5) is 22.9. The highest BCUT2D eigenvalue weighted by molar-refractivity contribution is 5.99. The number of nitriles is 1. The molecule has 0 unspecified atom stereocenters. The van der Waals surface area contributed by atoms with Crippen molar-refractivity contribution >= 4 is 17.5 Å². The van der Waals surface area contributed by atoms with Crippen molar-refractivity contribution in [3.63, 3.8) is 0 Å². The van der Waals surface area contributed by atoms with Gasteiger partial charge in [0.25, 0.3) is 0 Å². The zero-order valence-electron chi connectivity index (χ0n) is 13.1. The van der Waals surface area contributed by atoms with Gasteiger partial charge in [-0.1, -0.05) is 39.0 Å². The zero-order chi connectivity index (χ0) is 16.6. The van der Waals surface area contributed by atoms with Crippen molar-refractivity contribution < 1.29 is 9.59 Å². The maximum atomic E-state index is 11.7. The molecule has 5 heteroatoms. The van der Waals surface area contributed by atoms with Crippen molar-refractivity contribution in [1.82, 2.24) is 5.32 Å². The average molecular weight is 299 g/mol. The Balaban J connectivity index is 2.52. The summed E-state index contributed by atoms with van der Waals surface area (Å²) in [5.41, 5.74) is 1.55. The van der Waals surface area contributed by atoms with Crippen LogP contribution in [0, 0.1) is 16.7 Å². The van der Waals surface area contributed by atoms with Crippen molar-refractivity contribution in [2.45, 2.75) is 33.7 Å².